The Balaban J connectivity index is 3.70. The van der Waals surface area contributed by atoms with Crippen LogP contribution in [0.15, 0.2) is 24.3 Å². The summed E-state index contributed by atoms with van der Waals surface area (Å²) in [6, 6.07) is 0. The fourth-order valence-electron chi connectivity index (χ4n) is 2.11. The molecule has 0 rings (SSSR count). The molecular formula is C18H32O5. The molecule has 0 aromatic rings. The third-order valence-corrected chi connectivity index (χ3v) is 3.69. The molecule has 3 atom stereocenters. The summed E-state index contributed by atoms with van der Waals surface area (Å²) in [7, 11) is 0. The van der Waals surface area contributed by atoms with Gasteiger partial charge in [0.2, 0.25) is 0 Å². The van der Waals surface area contributed by atoms with Crippen molar-refractivity contribution < 1.29 is 25.2 Å². The maximum Gasteiger partial charge on any atom is 0.303 e. The van der Waals surface area contributed by atoms with Crippen LogP contribution in [0, 0.1) is 0 Å². The van der Waals surface area contributed by atoms with Gasteiger partial charge in [0.05, 0.1) is 18.3 Å². The summed E-state index contributed by atoms with van der Waals surface area (Å²) in [6.07, 6.45) is 11.2. The van der Waals surface area contributed by atoms with Crippen molar-refractivity contribution in [2.75, 3.05) is 0 Å². The van der Waals surface area contributed by atoms with E-state index in [2.05, 4.69) is 0 Å². The first-order valence-electron chi connectivity index (χ1n) is 8.55. The molecule has 0 aromatic carbocycles. The predicted octanol–water partition coefficient (Wildman–Crippen LogP) is 2.80. The van der Waals surface area contributed by atoms with Gasteiger partial charge in [-0.2, -0.15) is 0 Å². The molecule has 0 fully saturated rings. The van der Waals surface area contributed by atoms with E-state index in [1.54, 1.807) is 6.08 Å². The van der Waals surface area contributed by atoms with Crippen LogP contribution < -0.4 is 0 Å². The minimum Gasteiger partial charge on any atom is -0.481 e. The highest BCUT2D eigenvalue weighted by Gasteiger charge is 2.12. The fraction of sp³-hybridized carbons (Fsp3) is 0.722. The number of rotatable bonds is 14. The van der Waals surface area contributed by atoms with E-state index in [-0.39, 0.29) is 12.5 Å². The summed E-state index contributed by atoms with van der Waals surface area (Å²) >= 11 is 0. The van der Waals surface area contributed by atoms with Crippen LogP contribution in [0.2, 0.25) is 0 Å². The Bertz CT molecular complexity index is 351. The largest absolute Gasteiger partial charge is 0.481 e. The standard InChI is InChI=1S/C18H32O5/c1-2-15(19)11-7-4-3-5-8-12-16(20)17(21)13-9-6-10-14-18(22)23/h3-4,8,12,15-17,19-21H,2,5-7,9-11,13-14H2,1H3,(H,22,23)/b4-3-,12-8-. The van der Waals surface area contributed by atoms with Crippen LogP contribution in [0.25, 0.3) is 0 Å². The van der Waals surface area contributed by atoms with Gasteiger partial charge in [0, 0.05) is 6.42 Å². The molecular weight excluding hydrogens is 296 g/mol. The molecule has 3 unspecified atom stereocenters. The van der Waals surface area contributed by atoms with E-state index >= 15 is 0 Å². The molecule has 0 aliphatic rings. The second kappa shape index (κ2) is 14.4. The first kappa shape index (κ1) is 21.8. The van der Waals surface area contributed by atoms with Gasteiger partial charge < -0.3 is 20.4 Å². The molecule has 134 valence electrons. The molecule has 0 saturated heterocycles. The average molecular weight is 328 g/mol. The van der Waals surface area contributed by atoms with Crippen LogP contribution in [-0.4, -0.2) is 44.7 Å². The Labute approximate surface area is 139 Å². The van der Waals surface area contributed by atoms with Crippen LogP contribution in [0.1, 0.15) is 64.7 Å². The Morgan fingerprint density at radius 1 is 1.00 bits per heavy atom. The summed E-state index contributed by atoms with van der Waals surface area (Å²) in [6.45, 7) is 1.95. The first-order chi connectivity index (χ1) is 11.0. The number of carboxylic acids is 1. The molecule has 0 aliphatic carbocycles. The van der Waals surface area contributed by atoms with Gasteiger partial charge in [-0.1, -0.05) is 44.1 Å². The Hall–Kier alpha value is -1.17. The summed E-state index contributed by atoms with van der Waals surface area (Å²) < 4.78 is 0. The fourth-order valence-corrected chi connectivity index (χ4v) is 2.11. The van der Waals surface area contributed by atoms with Gasteiger partial charge in [0.25, 0.3) is 0 Å². The van der Waals surface area contributed by atoms with Crippen LogP contribution in [0.3, 0.4) is 0 Å². The number of aliphatic hydroxyl groups is 3. The molecule has 0 heterocycles. The molecule has 0 amide bonds. The van der Waals surface area contributed by atoms with Crippen molar-refractivity contribution in [1.82, 2.24) is 0 Å². The minimum atomic E-state index is -0.884. The van der Waals surface area contributed by atoms with E-state index in [9.17, 15) is 20.1 Å². The highest BCUT2D eigenvalue weighted by Crippen LogP contribution is 2.10. The third kappa shape index (κ3) is 14.2. The van der Waals surface area contributed by atoms with Gasteiger partial charge in [0.15, 0.2) is 0 Å². The highest BCUT2D eigenvalue weighted by atomic mass is 16.4. The lowest BCUT2D eigenvalue weighted by Crippen LogP contribution is -2.23. The van der Waals surface area contributed by atoms with Gasteiger partial charge in [0.1, 0.15) is 0 Å². The number of hydrogen-bond donors (Lipinski definition) is 4. The zero-order valence-corrected chi connectivity index (χ0v) is 14.1. The first-order valence-corrected chi connectivity index (χ1v) is 8.55. The van der Waals surface area contributed by atoms with Crippen LogP contribution in [0.4, 0.5) is 0 Å². The van der Waals surface area contributed by atoms with Crippen molar-refractivity contribution in [3.63, 3.8) is 0 Å². The third-order valence-electron chi connectivity index (χ3n) is 3.69. The van der Waals surface area contributed by atoms with Crippen molar-refractivity contribution in [2.24, 2.45) is 0 Å². The van der Waals surface area contributed by atoms with E-state index < -0.39 is 18.2 Å². The topological polar surface area (TPSA) is 98.0 Å². The maximum absolute atomic E-state index is 10.3. The zero-order chi connectivity index (χ0) is 17.5. The maximum atomic E-state index is 10.3. The van der Waals surface area contributed by atoms with E-state index in [1.807, 2.05) is 25.2 Å². The second-order valence-corrected chi connectivity index (χ2v) is 5.83. The van der Waals surface area contributed by atoms with E-state index in [0.29, 0.717) is 25.7 Å². The van der Waals surface area contributed by atoms with Gasteiger partial charge in [-0.3, -0.25) is 4.79 Å². The summed E-state index contributed by atoms with van der Waals surface area (Å²) in [4.78, 5) is 10.3. The lowest BCUT2D eigenvalue weighted by atomic mass is 10.0. The molecule has 5 heteroatoms. The smallest absolute Gasteiger partial charge is 0.303 e. The number of allylic oxidation sites excluding steroid dienone is 3. The molecule has 0 aliphatic heterocycles. The van der Waals surface area contributed by atoms with Crippen LogP contribution in [-0.2, 0) is 4.79 Å². The van der Waals surface area contributed by atoms with Crippen molar-refractivity contribution >= 4 is 5.97 Å². The molecule has 0 radical (unpaired) electrons. The van der Waals surface area contributed by atoms with Gasteiger partial charge in [-0.15, -0.1) is 0 Å². The Morgan fingerprint density at radius 3 is 2.39 bits per heavy atom. The normalized spacial score (nSPS) is 16.0. The quantitative estimate of drug-likeness (QED) is 0.290. The monoisotopic (exact) mass is 328 g/mol. The van der Waals surface area contributed by atoms with Crippen molar-refractivity contribution in [2.45, 2.75) is 83.0 Å². The average Bonchev–Trinajstić information content (AvgIpc) is 2.52. The molecule has 0 aromatic heterocycles. The van der Waals surface area contributed by atoms with Gasteiger partial charge >= 0.3 is 5.97 Å². The molecule has 0 spiro atoms. The lowest BCUT2D eigenvalue weighted by Gasteiger charge is -2.14. The van der Waals surface area contributed by atoms with Crippen LogP contribution >= 0.6 is 0 Å². The number of aliphatic carboxylic acids is 1. The predicted molar refractivity (Wildman–Crippen MR) is 91.2 cm³/mol. The summed E-state index contributed by atoms with van der Waals surface area (Å²) in [5, 5.41) is 37.5. The van der Waals surface area contributed by atoms with Gasteiger partial charge in [-0.05, 0) is 38.5 Å². The molecule has 23 heavy (non-hydrogen) atoms. The SMILES string of the molecule is CCC(O)CC/C=C\C/C=C\C(O)C(O)CCCCCC(=O)O. The Kier molecular flexibility index (Phi) is 13.7. The summed E-state index contributed by atoms with van der Waals surface area (Å²) in [5.74, 6) is -0.800. The second-order valence-electron chi connectivity index (χ2n) is 5.83. The van der Waals surface area contributed by atoms with Crippen LogP contribution in [0.5, 0.6) is 0 Å². The van der Waals surface area contributed by atoms with E-state index in [1.165, 1.54) is 0 Å². The van der Waals surface area contributed by atoms with Gasteiger partial charge in [-0.25, -0.2) is 0 Å². The van der Waals surface area contributed by atoms with Crippen molar-refractivity contribution in [1.29, 1.82) is 0 Å². The minimum absolute atomic E-state index is 0.153. The molecule has 5 nitrogen and oxygen atoms in total. The number of hydrogen-bond acceptors (Lipinski definition) is 4. The highest BCUT2D eigenvalue weighted by molar-refractivity contribution is 5.66. The number of aliphatic hydroxyl groups excluding tert-OH is 3. The molecule has 0 saturated carbocycles. The van der Waals surface area contributed by atoms with E-state index in [0.717, 1.165) is 25.7 Å². The number of carboxylic acid groups (broad SMARTS) is 1. The van der Waals surface area contributed by atoms with E-state index in [4.69, 9.17) is 5.11 Å². The molecule has 4 N–H and O–H groups in total. The van der Waals surface area contributed by atoms with Crippen molar-refractivity contribution in [3.8, 4) is 0 Å². The zero-order valence-electron chi connectivity index (χ0n) is 14.1. The number of carbonyl (C=O) groups is 1. The lowest BCUT2D eigenvalue weighted by molar-refractivity contribution is -0.137. The Morgan fingerprint density at radius 2 is 1.74 bits per heavy atom. The number of unbranched alkanes of at least 4 members (excludes halogenated alkanes) is 2. The molecule has 0 bridgehead atoms. The van der Waals surface area contributed by atoms with Crippen molar-refractivity contribution in [3.05, 3.63) is 24.3 Å². The summed E-state index contributed by atoms with van der Waals surface area (Å²) in [5.41, 5.74) is 0.